The molecular weight excluding hydrogens is 297 g/mol. The van der Waals surface area contributed by atoms with Crippen LogP contribution in [0.25, 0.3) is 5.82 Å². The van der Waals surface area contributed by atoms with Gasteiger partial charge in [0.25, 0.3) is 5.91 Å². The Hall–Kier alpha value is -2.09. The summed E-state index contributed by atoms with van der Waals surface area (Å²) in [4.78, 5) is 15.1. The van der Waals surface area contributed by atoms with Crippen LogP contribution >= 0.6 is 11.6 Å². The first kappa shape index (κ1) is 14.3. The maximum atomic E-state index is 12.7. The predicted octanol–water partition coefficient (Wildman–Crippen LogP) is 2.30. The summed E-state index contributed by atoms with van der Waals surface area (Å²) in [6.07, 6.45) is -3.22. The summed E-state index contributed by atoms with van der Waals surface area (Å²) in [6, 6.07) is 2.87. The zero-order chi connectivity index (χ0) is 14.9. The van der Waals surface area contributed by atoms with E-state index in [1.165, 1.54) is 19.3 Å². The highest BCUT2D eigenvalue weighted by atomic mass is 35.5. The minimum Gasteiger partial charge on any atom is -0.354 e. The number of rotatable bonds is 2. The van der Waals surface area contributed by atoms with Crippen LogP contribution in [-0.2, 0) is 6.18 Å². The van der Waals surface area contributed by atoms with E-state index in [-0.39, 0.29) is 16.7 Å². The van der Waals surface area contributed by atoms with Crippen molar-refractivity contribution >= 4 is 17.5 Å². The Kier molecular flexibility index (Phi) is 3.67. The molecule has 5 nitrogen and oxygen atoms in total. The van der Waals surface area contributed by atoms with Crippen molar-refractivity contribution in [1.29, 1.82) is 0 Å². The van der Waals surface area contributed by atoms with Crippen molar-refractivity contribution in [3.63, 3.8) is 0 Å². The third kappa shape index (κ3) is 2.90. The van der Waals surface area contributed by atoms with Gasteiger partial charge in [0.1, 0.15) is 5.15 Å². The van der Waals surface area contributed by atoms with E-state index in [0.29, 0.717) is 6.07 Å². The van der Waals surface area contributed by atoms with Crippen LogP contribution in [0.3, 0.4) is 0 Å². The number of nitrogens with one attached hydrogen (secondary N) is 1. The van der Waals surface area contributed by atoms with Gasteiger partial charge in [-0.05, 0) is 18.2 Å². The zero-order valence-electron chi connectivity index (χ0n) is 10.1. The SMILES string of the molecule is CNC(=O)c1ccn(-c2cc(C(F)(F)F)cc(Cl)n2)n1. The molecular formula is C11H8ClF3N4O. The summed E-state index contributed by atoms with van der Waals surface area (Å²) in [5, 5.41) is 5.87. The first-order valence-electron chi connectivity index (χ1n) is 5.34. The molecule has 0 aliphatic rings. The number of hydrogen-bond donors (Lipinski definition) is 1. The normalized spacial score (nSPS) is 11.4. The van der Waals surface area contributed by atoms with Gasteiger partial charge in [-0.2, -0.15) is 18.3 Å². The van der Waals surface area contributed by atoms with Crippen LogP contribution in [0.1, 0.15) is 16.1 Å². The van der Waals surface area contributed by atoms with Crippen LogP contribution in [-0.4, -0.2) is 27.7 Å². The number of amides is 1. The first-order chi connectivity index (χ1) is 9.31. The molecule has 2 heterocycles. The molecule has 0 atom stereocenters. The summed E-state index contributed by atoms with van der Waals surface area (Å²) in [5.74, 6) is -0.582. The van der Waals surface area contributed by atoms with E-state index < -0.39 is 17.6 Å². The Morgan fingerprint density at radius 2 is 2.10 bits per heavy atom. The molecule has 0 fully saturated rings. The largest absolute Gasteiger partial charge is 0.416 e. The monoisotopic (exact) mass is 304 g/mol. The van der Waals surface area contributed by atoms with Crippen LogP contribution in [0.4, 0.5) is 13.2 Å². The minimum absolute atomic E-state index is 0.0582. The highest BCUT2D eigenvalue weighted by molar-refractivity contribution is 6.29. The molecule has 9 heteroatoms. The summed E-state index contributed by atoms with van der Waals surface area (Å²) in [6.45, 7) is 0. The van der Waals surface area contributed by atoms with Gasteiger partial charge in [0.05, 0.1) is 5.56 Å². The van der Waals surface area contributed by atoms with Crippen molar-refractivity contribution in [2.45, 2.75) is 6.18 Å². The fraction of sp³-hybridized carbons (Fsp3) is 0.182. The maximum Gasteiger partial charge on any atom is 0.416 e. The lowest BCUT2D eigenvalue weighted by molar-refractivity contribution is -0.137. The number of halogens is 4. The van der Waals surface area contributed by atoms with Gasteiger partial charge in [-0.1, -0.05) is 11.6 Å². The molecule has 0 radical (unpaired) electrons. The van der Waals surface area contributed by atoms with Crippen LogP contribution in [0.5, 0.6) is 0 Å². The smallest absolute Gasteiger partial charge is 0.354 e. The van der Waals surface area contributed by atoms with Gasteiger partial charge in [-0.15, -0.1) is 0 Å². The van der Waals surface area contributed by atoms with Gasteiger partial charge < -0.3 is 5.32 Å². The van der Waals surface area contributed by atoms with Gasteiger partial charge in [0.2, 0.25) is 0 Å². The van der Waals surface area contributed by atoms with Crippen LogP contribution in [0, 0.1) is 0 Å². The van der Waals surface area contributed by atoms with Crippen molar-refractivity contribution in [2.24, 2.45) is 0 Å². The molecule has 0 unspecified atom stereocenters. The third-order valence-corrected chi connectivity index (χ3v) is 2.59. The number of hydrogen-bond acceptors (Lipinski definition) is 3. The van der Waals surface area contributed by atoms with E-state index in [4.69, 9.17) is 11.6 Å². The molecule has 0 aliphatic carbocycles. The number of carbonyl (C=O) groups excluding carboxylic acids is 1. The van der Waals surface area contributed by atoms with E-state index in [2.05, 4.69) is 15.4 Å². The molecule has 0 aromatic carbocycles. The zero-order valence-corrected chi connectivity index (χ0v) is 10.8. The second kappa shape index (κ2) is 5.12. The third-order valence-electron chi connectivity index (χ3n) is 2.39. The predicted molar refractivity (Wildman–Crippen MR) is 64.8 cm³/mol. The van der Waals surface area contributed by atoms with Gasteiger partial charge in [-0.3, -0.25) is 4.79 Å². The Labute approximate surface area is 116 Å². The quantitative estimate of drug-likeness (QED) is 0.866. The molecule has 0 saturated heterocycles. The van der Waals surface area contributed by atoms with Crippen molar-refractivity contribution in [1.82, 2.24) is 20.1 Å². The van der Waals surface area contributed by atoms with Gasteiger partial charge in [-0.25, -0.2) is 9.67 Å². The van der Waals surface area contributed by atoms with Crippen molar-refractivity contribution in [3.05, 3.63) is 40.8 Å². The molecule has 106 valence electrons. The molecule has 0 aliphatic heterocycles. The summed E-state index contributed by atoms with van der Waals surface area (Å²) < 4.78 is 39.1. The highest BCUT2D eigenvalue weighted by Gasteiger charge is 2.31. The van der Waals surface area contributed by atoms with Gasteiger partial charge >= 0.3 is 6.18 Å². The fourth-order valence-electron chi connectivity index (χ4n) is 1.46. The Balaban J connectivity index is 2.45. The first-order valence-corrected chi connectivity index (χ1v) is 5.72. The standard InChI is InChI=1S/C11H8ClF3N4O/c1-16-10(20)7-2-3-19(18-7)9-5-6(11(13,14)15)4-8(12)17-9/h2-5H,1H3,(H,16,20). The fourth-order valence-corrected chi connectivity index (χ4v) is 1.67. The average molecular weight is 305 g/mol. The summed E-state index contributed by atoms with van der Waals surface area (Å²) in [7, 11) is 1.42. The molecule has 1 N–H and O–H groups in total. The summed E-state index contributed by atoms with van der Waals surface area (Å²) >= 11 is 5.57. The van der Waals surface area contributed by atoms with Crippen LogP contribution in [0.15, 0.2) is 24.4 Å². The number of pyridine rings is 1. The van der Waals surface area contributed by atoms with Crippen LogP contribution < -0.4 is 5.32 Å². The van der Waals surface area contributed by atoms with Crippen molar-refractivity contribution < 1.29 is 18.0 Å². The summed E-state index contributed by atoms with van der Waals surface area (Å²) in [5.41, 5.74) is -0.882. The number of alkyl halides is 3. The molecule has 0 saturated carbocycles. The molecule has 2 aromatic heterocycles. The molecule has 2 aromatic rings. The average Bonchev–Trinajstić information content (AvgIpc) is 2.85. The van der Waals surface area contributed by atoms with E-state index >= 15 is 0 Å². The number of nitrogens with zero attached hydrogens (tertiary/aromatic N) is 3. The Bertz CT molecular complexity index is 653. The highest BCUT2D eigenvalue weighted by Crippen LogP contribution is 2.31. The van der Waals surface area contributed by atoms with E-state index in [9.17, 15) is 18.0 Å². The molecule has 2 rings (SSSR count). The lowest BCUT2D eigenvalue weighted by atomic mass is 10.2. The Morgan fingerprint density at radius 3 is 2.70 bits per heavy atom. The van der Waals surface area contributed by atoms with Crippen molar-refractivity contribution in [3.8, 4) is 5.82 Å². The minimum atomic E-state index is -4.54. The van der Waals surface area contributed by atoms with Gasteiger partial charge in [0.15, 0.2) is 11.5 Å². The van der Waals surface area contributed by atoms with E-state index in [0.717, 1.165) is 10.7 Å². The lowest BCUT2D eigenvalue weighted by Gasteiger charge is -2.09. The number of carbonyl (C=O) groups is 1. The Morgan fingerprint density at radius 1 is 1.40 bits per heavy atom. The lowest BCUT2D eigenvalue weighted by Crippen LogP contribution is -2.18. The van der Waals surface area contributed by atoms with E-state index in [1.54, 1.807) is 0 Å². The van der Waals surface area contributed by atoms with Crippen LogP contribution in [0.2, 0.25) is 5.15 Å². The molecule has 0 spiro atoms. The topological polar surface area (TPSA) is 59.8 Å². The maximum absolute atomic E-state index is 12.7. The van der Waals surface area contributed by atoms with E-state index in [1.807, 2.05) is 0 Å². The molecule has 20 heavy (non-hydrogen) atoms. The van der Waals surface area contributed by atoms with Crippen molar-refractivity contribution in [2.75, 3.05) is 7.05 Å². The molecule has 1 amide bonds. The second-order valence-corrected chi connectivity index (χ2v) is 4.15. The van der Waals surface area contributed by atoms with Gasteiger partial charge in [0, 0.05) is 13.2 Å². The molecule has 0 bridgehead atoms. The second-order valence-electron chi connectivity index (χ2n) is 3.76. The number of aromatic nitrogens is 3.